The van der Waals surface area contributed by atoms with Crippen molar-refractivity contribution in [2.75, 3.05) is 11.6 Å². The van der Waals surface area contributed by atoms with E-state index in [-0.39, 0.29) is 12.4 Å². The molecule has 0 fully saturated rings. The smallest absolute Gasteiger partial charge is 0.327 e. The number of amides is 2. The minimum absolute atomic E-state index is 0.222. The zero-order valence-corrected chi connectivity index (χ0v) is 15.9. The number of aromatic amines is 1. The molecule has 1 aliphatic rings. The highest BCUT2D eigenvalue weighted by molar-refractivity contribution is 7.98. The lowest BCUT2D eigenvalue weighted by Crippen LogP contribution is -2.46. The maximum absolute atomic E-state index is 12.6. The molecular weight excluding hydrogens is 376 g/mol. The Kier molecular flexibility index (Phi) is 4.79. The summed E-state index contributed by atoms with van der Waals surface area (Å²) >= 11 is 1.61. The van der Waals surface area contributed by atoms with Crippen molar-refractivity contribution in [1.29, 1.82) is 0 Å². The molecule has 2 aromatic carbocycles. The number of benzene rings is 2. The van der Waals surface area contributed by atoms with Crippen molar-refractivity contribution >= 4 is 23.6 Å². The zero-order chi connectivity index (χ0) is 19.7. The number of anilines is 1. The van der Waals surface area contributed by atoms with Gasteiger partial charge in [-0.25, -0.2) is 9.59 Å². The first kappa shape index (κ1) is 18.1. The van der Waals surface area contributed by atoms with Crippen LogP contribution in [0.1, 0.15) is 22.7 Å². The summed E-state index contributed by atoms with van der Waals surface area (Å²) < 4.78 is 1.38. The first-order valence-corrected chi connectivity index (χ1v) is 9.91. The molecule has 0 bridgehead atoms. The number of hydrogen-bond donors (Lipinski definition) is 3. The Morgan fingerprint density at radius 3 is 2.39 bits per heavy atom. The summed E-state index contributed by atoms with van der Waals surface area (Å²) in [5.74, 6) is 0.222. The maximum Gasteiger partial charge on any atom is 0.330 e. The van der Waals surface area contributed by atoms with Crippen molar-refractivity contribution in [1.82, 2.24) is 14.9 Å². The van der Waals surface area contributed by atoms with Crippen LogP contribution in [0, 0.1) is 0 Å². The summed E-state index contributed by atoms with van der Waals surface area (Å²) in [4.78, 5) is 40.9. The fourth-order valence-corrected chi connectivity index (χ4v) is 3.71. The number of nitrogens with one attached hydrogen (secondary N) is 3. The number of urea groups is 1. The van der Waals surface area contributed by atoms with E-state index in [2.05, 4.69) is 15.6 Å². The molecule has 4 rings (SSSR count). The molecule has 0 aliphatic carbocycles. The van der Waals surface area contributed by atoms with Crippen LogP contribution in [0.25, 0.3) is 0 Å². The van der Waals surface area contributed by atoms with Gasteiger partial charge in [0.2, 0.25) is 0 Å². The van der Waals surface area contributed by atoms with E-state index in [0.29, 0.717) is 5.56 Å². The second kappa shape index (κ2) is 7.40. The minimum atomic E-state index is -0.647. The first-order chi connectivity index (χ1) is 13.6. The van der Waals surface area contributed by atoms with E-state index in [0.717, 1.165) is 16.0 Å². The van der Waals surface area contributed by atoms with Crippen molar-refractivity contribution < 1.29 is 4.79 Å². The summed E-state index contributed by atoms with van der Waals surface area (Å²) in [5, 5.41) is 5.43. The Morgan fingerprint density at radius 2 is 1.71 bits per heavy atom. The third kappa shape index (κ3) is 3.34. The number of hydrogen-bond acceptors (Lipinski definition) is 4. The summed E-state index contributed by atoms with van der Waals surface area (Å²) in [7, 11) is 0. The van der Waals surface area contributed by atoms with Gasteiger partial charge in [-0.05, 0) is 29.5 Å². The lowest BCUT2D eigenvalue weighted by atomic mass is 9.98. The average molecular weight is 394 g/mol. The fourth-order valence-electron chi connectivity index (χ4n) is 3.30. The van der Waals surface area contributed by atoms with Gasteiger partial charge in [0.15, 0.2) is 0 Å². The van der Waals surface area contributed by atoms with Gasteiger partial charge in [-0.2, -0.15) is 0 Å². The quantitative estimate of drug-likeness (QED) is 0.593. The lowest BCUT2D eigenvalue weighted by Gasteiger charge is -2.28. The van der Waals surface area contributed by atoms with Gasteiger partial charge in [0.05, 0.1) is 18.2 Å². The number of aromatic nitrogens is 2. The Hall–Kier alpha value is -3.26. The highest BCUT2D eigenvalue weighted by Crippen LogP contribution is 2.29. The van der Waals surface area contributed by atoms with Gasteiger partial charge in [0.1, 0.15) is 5.82 Å². The topological polar surface area (TPSA) is 96.0 Å². The van der Waals surface area contributed by atoms with Crippen molar-refractivity contribution in [3.8, 4) is 0 Å². The zero-order valence-electron chi connectivity index (χ0n) is 15.1. The van der Waals surface area contributed by atoms with Gasteiger partial charge >= 0.3 is 11.7 Å². The summed E-state index contributed by atoms with van der Waals surface area (Å²) in [6.45, 7) is 0.233. The summed E-state index contributed by atoms with van der Waals surface area (Å²) in [6.07, 6.45) is 1.98. The molecular formula is C20H18N4O3S. The van der Waals surface area contributed by atoms with Crippen LogP contribution < -0.4 is 21.9 Å². The van der Waals surface area contributed by atoms with Crippen LogP contribution in [0.15, 0.2) is 69.1 Å². The van der Waals surface area contributed by atoms with E-state index in [1.807, 2.05) is 60.9 Å². The van der Waals surface area contributed by atoms with E-state index in [1.54, 1.807) is 11.8 Å². The van der Waals surface area contributed by atoms with Crippen molar-refractivity contribution in [3.63, 3.8) is 0 Å². The van der Waals surface area contributed by atoms with E-state index < -0.39 is 23.3 Å². The lowest BCUT2D eigenvalue weighted by molar-refractivity contribution is 0.248. The predicted octanol–water partition coefficient (Wildman–Crippen LogP) is 2.53. The Bertz CT molecular complexity index is 1140. The number of carbonyl (C=O) groups excluding carboxylic acids is 1. The molecule has 1 atom stereocenters. The van der Waals surface area contributed by atoms with Crippen LogP contribution in [0.2, 0.25) is 0 Å². The number of H-pyrrole nitrogens is 1. The van der Waals surface area contributed by atoms with Gasteiger partial charge in [0.25, 0.3) is 5.56 Å². The van der Waals surface area contributed by atoms with Crippen molar-refractivity contribution in [3.05, 3.63) is 92.1 Å². The van der Waals surface area contributed by atoms with Crippen LogP contribution in [0.4, 0.5) is 10.6 Å². The summed E-state index contributed by atoms with van der Waals surface area (Å²) in [5.41, 5.74) is 0.880. The molecule has 3 aromatic rings. The van der Waals surface area contributed by atoms with Crippen molar-refractivity contribution in [2.45, 2.75) is 17.5 Å². The number of carbonyl (C=O) groups is 1. The van der Waals surface area contributed by atoms with Crippen LogP contribution in [-0.4, -0.2) is 21.8 Å². The second-order valence-electron chi connectivity index (χ2n) is 6.40. The van der Waals surface area contributed by atoms with Crippen molar-refractivity contribution in [2.24, 2.45) is 0 Å². The third-order valence-corrected chi connectivity index (χ3v) is 5.41. The van der Waals surface area contributed by atoms with E-state index >= 15 is 0 Å². The Morgan fingerprint density at radius 1 is 1.00 bits per heavy atom. The van der Waals surface area contributed by atoms with E-state index in [1.165, 1.54) is 4.57 Å². The molecule has 0 spiro atoms. The molecule has 7 nitrogen and oxygen atoms in total. The van der Waals surface area contributed by atoms with Gasteiger partial charge < -0.3 is 5.32 Å². The van der Waals surface area contributed by atoms with Crippen LogP contribution >= 0.6 is 11.8 Å². The molecule has 0 saturated heterocycles. The third-order valence-electron chi connectivity index (χ3n) is 4.66. The fraction of sp³-hybridized carbons (Fsp3) is 0.150. The highest BCUT2D eigenvalue weighted by Gasteiger charge is 2.31. The number of nitrogens with zero attached hydrogens (tertiary/aromatic N) is 1. The molecule has 1 aromatic heterocycles. The summed E-state index contributed by atoms with van der Waals surface area (Å²) in [6, 6.07) is 15.9. The van der Waals surface area contributed by atoms with Gasteiger partial charge in [-0.3, -0.25) is 19.7 Å². The SMILES string of the molecule is CSc1ccc(C2NC(=O)Nc3c2c(=O)[nH]c(=O)n3Cc2ccccc2)cc1. The Balaban J connectivity index is 1.86. The number of thioether (sulfide) groups is 1. The molecule has 3 N–H and O–H groups in total. The molecule has 142 valence electrons. The van der Waals surface area contributed by atoms with Gasteiger partial charge in [0, 0.05) is 4.90 Å². The molecule has 2 heterocycles. The second-order valence-corrected chi connectivity index (χ2v) is 7.28. The monoisotopic (exact) mass is 394 g/mol. The molecule has 0 radical (unpaired) electrons. The standard InChI is InChI=1S/C20H18N4O3S/c1-28-14-9-7-13(8-10-14)16-15-17(22-19(26)21-16)24(20(27)23-18(15)25)11-12-5-3-2-4-6-12/h2-10,16H,11H2,1H3,(H2,21,22,26)(H,23,25,27). The maximum atomic E-state index is 12.6. The predicted molar refractivity (Wildman–Crippen MR) is 109 cm³/mol. The largest absolute Gasteiger partial charge is 0.330 e. The normalized spacial score (nSPS) is 15.5. The molecule has 1 unspecified atom stereocenters. The Labute approximate surface area is 164 Å². The van der Waals surface area contributed by atoms with Crippen LogP contribution in [0.3, 0.4) is 0 Å². The molecule has 8 heteroatoms. The first-order valence-electron chi connectivity index (χ1n) is 8.69. The number of rotatable bonds is 4. The molecule has 28 heavy (non-hydrogen) atoms. The van der Waals surface area contributed by atoms with Crippen LogP contribution in [0.5, 0.6) is 0 Å². The minimum Gasteiger partial charge on any atom is -0.327 e. The van der Waals surface area contributed by atoms with Gasteiger partial charge in [-0.1, -0.05) is 42.5 Å². The number of fused-ring (bicyclic) bond motifs is 1. The highest BCUT2D eigenvalue weighted by atomic mass is 32.2. The molecule has 1 aliphatic heterocycles. The van der Waals surface area contributed by atoms with E-state index in [4.69, 9.17) is 0 Å². The molecule has 0 saturated carbocycles. The van der Waals surface area contributed by atoms with Crippen LogP contribution in [-0.2, 0) is 6.54 Å². The van der Waals surface area contributed by atoms with E-state index in [9.17, 15) is 14.4 Å². The van der Waals surface area contributed by atoms with Gasteiger partial charge in [-0.15, -0.1) is 11.8 Å². The average Bonchev–Trinajstić information content (AvgIpc) is 2.71. The molecule has 2 amide bonds.